The molecule has 0 heterocycles. The maximum atomic E-state index is 12.0. The number of allylic oxidation sites excluding steroid dienone is 1. The summed E-state index contributed by atoms with van der Waals surface area (Å²) < 4.78 is 0. The lowest BCUT2D eigenvalue weighted by molar-refractivity contribution is -0.185. The van der Waals surface area contributed by atoms with Gasteiger partial charge in [-0.25, -0.2) is 0 Å². The molecule has 0 saturated heterocycles. The van der Waals surface area contributed by atoms with Gasteiger partial charge in [-0.05, 0) is 104 Å². The van der Waals surface area contributed by atoms with Crippen LogP contribution >= 0.6 is 0 Å². The van der Waals surface area contributed by atoms with Gasteiger partial charge in [0.2, 0.25) is 0 Å². The lowest BCUT2D eigenvalue weighted by Crippen LogP contribution is -2.60. The van der Waals surface area contributed by atoms with Crippen molar-refractivity contribution in [1.29, 1.82) is 0 Å². The molecule has 4 saturated carbocycles. The van der Waals surface area contributed by atoms with Crippen LogP contribution in [-0.4, -0.2) is 6.29 Å². The normalized spacial score (nSPS) is 51.2. The van der Waals surface area contributed by atoms with E-state index in [0.717, 1.165) is 30.1 Å². The number of carbonyl (C=O) groups is 1. The van der Waals surface area contributed by atoms with Crippen molar-refractivity contribution in [3.05, 3.63) is 12.7 Å². The third-order valence-electron chi connectivity index (χ3n) is 10.9. The van der Waals surface area contributed by atoms with E-state index >= 15 is 0 Å². The minimum Gasteiger partial charge on any atom is -0.303 e. The maximum absolute atomic E-state index is 12.0. The topological polar surface area (TPSA) is 17.1 Å². The molecule has 0 radical (unpaired) electrons. The molecule has 3 unspecified atom stereocenters. The van der Waals surface area contributed by atoms with Crippen molar-refractivity contribution in [2.24, 2.45) is 45.8 Å². The molecular formula is C27H44O. The number of hydrogen-bond acceptors (Lipinski definition) is 1. The highest BCUT2D eigenvalue weighted by atomic mass is 16.1. The van der Waals surface area contributed by atoms with Gasteiger partial charge in [-0.2, -0.15) is 0 Å². The van der Waals surface area contributed by atoms with Gasteiger partial charge in [0.15, 0.2) is 0 Å². The Labute approximate surface area is 174 Å². The van der Waals surface area contributed by atoms with E-state index in [2.05, 4.69) is 33.4 Å². The molecule has 0 N–H and O–H groups in total. The molecular weight excluding hydrogens is 340 g/mol. The van der Waals surface area contributed by atoms with Crippen LogP contribution < -0.4 is 0 Å². The second-order valence-corrected chi connectivity index (χ2v) is 11.6. The Morgan fingerprint density at radius 2 is 1.79 bits per heavy atom. The van der Waals surface area contributed by atoms with Gasteiger partial charge in [0.25, 0.3) is 0 Å². The second kappa shape index (κ2) is 7.59. The summed E-state index contributed by atoms with van der Waals surface area (Å²) in [4.78, 5) is 12.0. The Morgan fingerprint density at radius 1 is 1.00 bits per heavy atom. The molecule has 0 aromatic heterocycles. The number of hydrogen-bond donors (Lipinski definition) is 0. The van der Waals surface area contributed by atoms with Gasteiger partial charge in [0.1, 0.15) is 6.29 Å². The van der Waals surface area contributed by atoms with Crippen molar-refractivity contribution in [2.45, 2.75) is 104 Å². The average molecular weight is 385 g/mol. The van der Waals surface area contributed by atoms with E-state index in [1.54, 1.807) is 0 Å². The first-order chi connectivity index (χ1) is 13.5. The first-order valence-corrected chi connectivity index (χ1v) is 12.5. The van der Waals surface area contributed by atoms with Crippen LogP contribution in [0.3, 0.4) is 0 Å². The zero-order valence-corrected chi connectivity index (χ0v) is 18.8. The molecule has 0 aromatic rings. The van der Waals surface area contributed by atoms with Crippen molar-refractivity contribution in [1.82, 2.24) is 0 Å². The second-order valence-electron chi connectivity index (χ2n) is 11.6. The zero-order valence-electron chi connectivity index (χ0n) is 18.8. The maximum Gasteiger partial charge on any atom is 0.123 e. The molecule has 1 nitrogen and oxygen atoms in total. The van der Waals surface area contributed by atoms with Gasteiger partial charge < -0.3 is 4.79 Å². The zero-order chi connectivity index (χ0) is 20.0. The van der Waals surface area contributed by atoms with Crippen molar-refractivity contribution in [3.63, 3.8) is 0 Å². The van der Waals surface area contributed by atoms with E-state index in [4.69, 9.17) is 0 Å². The van der Waals surface area contributed by atoms with Crippen LogP contribution in [0.15, 0.2) is 12.7 Å². The highest BCUT2D eigenvalue weighted by Gasteiger charge is 2.63. The Hall–Kier alpha value is -0.590. The van der Waals surface area contributed by atoms with Crippen LogP contribution in [0, 0.1) is 45.8 Å². The van der Waals surface area contributed by atoms with E-state index in [1.165, 1.54) is 83.3 Å². The molecule has 0 bridgehead atoms. The highest BCUT2D eigenvalue weighted by Crippen LogP contribution is 2.72. The smallest absolute Gasteiger partial charge is 0.123 e. The number of fused-ring (bicyclic) bond motifs is 5. The Kier molecular flexibility index (Phi) is 5.60. The molecule has 0 aliphatic heterocycles. The predicted molar refractivity (Wildman–Crippen MR) is 118 cm³/mol. The first kappa shape index (κ1) is 20.7. The van der Waals surface area contributed by atoms with Crippen molar-refractivity contribution in [2.75, 3.05) is 0 Å². The van der Waals surface area contributed by atoms with E-state index in [9.17, 15) is 4.79 Å². The minimum absolute atomic E-state index is 0.273. The Balaban J connectivity index is 1.73. The summed E-state index contributed by atoms with van der Waals surface area (Å²) >= 11 is 0. The monoisotopic (exact) mass is 384 g/mol. The molecule has 4 aliphatic carbocycles. The fourth-order valence-electron chi connectivity index (χ4n) is 9.60. The van der Waals surface area contributed by atoms with Crippen LogP contribution in [-0.2, 0) is 4.79 Å². The molecule has 0 spiro atoms. The molecule has 8 atom stereocenters. The summed E-state index contributed by atoms with van der Waals surface area (Å²) in [6, 6.07) is 0. The van der Waals surface area contributed by atoms with Crippen molar-refractivity contribution >= 4 is 6.29 Å². The van der Waals surface area contributed by atoms with Gasteiger partial charge in [-0.3, -0.25) is 0 Å². The molecule has 4 fully saturated rings. The van der Waals surface area contributed by atoms with Gasteiger partial charge in [-0.15, -0.1) is 6.58 Å². The Bertz CT molecular complexity index is 595. The fraction of sp³-hybridized carbons (Fsp3) is 0.889. The van der Waals surface area contributed by atoms with Crippen LogP contribution in [0.5, 0.6) is 0 Å². The predicted octanol–water partition coefficient (Wildman–Crippen LogP) is 7.60. The van der Waals surface area contributed by atoms with Gasteiger partial charge in [-0.1, -0.05) is 46.1 Å². The minimum atomic E-state index is 0.273. The summed E-state index contributed by atoms with van der Waals surface area (Å²) in [5, 5.41) is 0. The molecule has 158 valence electrons. The number of carbonyl (C=O) groups excluding carboxylic acids is 1. The fourth-order valence-corrected chi connectivity index (χ4v) is 9.60. The van der Waals surface area contributed by atoms with Crippen molar-refractivity contribution in [3.8, 4) is 0 Å². The molecule has 4 aliphatic rings. The highest BCUT2D eigenvalue weighted by molar-refractivity contribution is 5.55. The third kappa shape index (κ3) is 2.81. The molecule has 0 amide bonds. The SMILES string of the molecule is C=CC[C@]12CC[C@H]3C4CCCCC(C=O)[C@@]4(C)CCC3[C@@]1(CC)CC[C@H](C)C2. The van der Waals surface area contributed by atoms with Crippen molar-refractivity contribution < 1.29 is 4.79 Å². The quantitative estimate of drug-likeness (QED) is 0.360. The summed E-state index contributed by atoms with van der Waals surface area (Å²) in [5.74, 6) is 3.73. The number of aldehydes is 1. The van der Waals surface area contributed by atoms with Crippen LogP contribution in [0.2, 0.25) is 0 Å². The van der Waals surface area contributed by atoms with Gasteiger partial charge >= 0.3 is 0 Å². The van der Waals surface area contributed by atoms with Crippen LogP contribution in [0.25, 0.3) is 0 Å². The standard InChI is InChI=1S/C27H44O/c1-5-14-26-16-12-22-23-10-8-7-9-21(19-28)25(23,4)15-13-24(22)27(26,6-2)17-11-20(3)18-26/h5,19-24H,1,6-18H2,2-4H3/t20-,21?,22-,23?,24?,25+,26+,27+/m0/s1. The summed E-state index contributed by atoms with van der Waals surface area (Å²) in [6.45, 7) is 11.7. The first-order valence-electron chi connectivity index (χ1n) is 12.5. The lowest BCUT2D eigenvalue weighted by atomic mass is 9.37. The summed E-state index contributed by atoms with van der Waals surface area (Å²) in [5.41, 5.74) is 1.31. The average Bonchev–Trinajstić information content (AvgIpc) is 2.86. The summed E-state index contributed by atoms with van der Waals surface area (Å²) in [6.07, 6.45) is 21.1. The van der Waals surface area contributed by atoms with Crippen LogP contribution in [0.4, 0.5) is 0 Å². The van der Waals surface area contributed by atoms with E-state index < -0.39 is 0 Å². The van der Waals surface area contributed by atoms with Crippen LogP contribution in [0.1, 0.15) is 104 Å². The Morgan fingerprint density at radius 3 is 2.50 bits per heavy atom. The molecule has 1 heteroatoms. The lowest BCUT2D eigenvalue weighted by Gasteiger charge is -2.68. The molecule has 0 aromatic carbocycles. The summed E-state index contributed by atoms with van der Waals surface area (Å²) in [7, 11) is 0. The van der Waals surface area contributed by atoms with E-state index in [-0.39, 0.29) is 5.41 Å². The van der Waals surface area contributed by atoms with Gasteiger partial charge in [0.05, 0.1) is 0 Å². The molecule has 28 heavy (non-hydrogen) atoms. The van der Waals surface area contributed by atoms with E-state index in [1.807, 2.05) is 0 Å². The van der Waals surface area contributed by atoms with Gasteiger partial charge in [0, 0.05) is 5.92 Å². The largest absolute Gasteiger partial charge is 0.303 e. The third-order valence-corrected chi connectivity index (χ3v) is 10.9. The molecule has 4 rings (SSSR count). The van der Waals surface area contributed by atoms with E-state index in [0.29, 0.717) is 16.7 Å². The number of rotatable bonds is 4.